The van der Waals surface area contributed by atoms with Gasteiger partial charge in [-0.2, -0.15) is 8.42 Å². The van der Waals surface area contributed by atoms with E-state index in [0.717, 1.165) is 0 Å². The molecule has 0 rings (SSSR count). The van der Waals surface area contributed by atoms with Gasteiger partial charge in [0.1, 0.15) is 0 Å². The van der Waals surface area contributed by atoms with Crippen LogP contribution < -0.4 is 51.4 Å². The zero-order chi connectivity index (χ0) is 7.21. The van der Waals surface area contributed by atoms with E-state index < -0.39 is 10.4 Å². The van der Waals surface area contributed by atoms with Crippen molar-refractivity contribution >= 4 is 22.0 Å². The molecule has 0 saturated carbocycles. The van der Waals surface area contributed by atoms with Gasteiger partial charge in [0.25, 0.3) is 0 Å². The molecule has 52 valence electrons. The van der Waals surface area contributed by atoms with Gasteiger partial charge in [0.2, 0.25) is 0 Å². The number of halogens is 1. The van der Waals surface area contributed by atoms with Crippen molar-refractivity contribution < 1.29 is 70.3 Å². The molecule has 4 nitrogen and oxygen atoms in total. The second kappa shape index (κ2) is 9.54. The first-order valence-electron chi connectivity index (χ1n) is 1.32. The van der Waals surface area contributed by atoms with E-state index in [2.05, 4.69) is 6.58 Å². The Morgan fingerprint density at radius 3 is 1.56 bits per heavy atom. The van der Waals surface area contributed by atoms with Gasteiger partial charge in [-0.3, -0.25) is 9.11 Å². The summed E-state index contributed by atoms with van der Waals surface area (Å²) in [5, 5.41) is 0. The molecule has 0 aliphatic rings. The first-order valence-corrected chi connectivity index (χ1v) is 3.16. The van der Waals surface area contributed by atoms with Crippen LogP contribution >= 0.6 is 11.6 Å². The Morgan fingerprint density at radius 2 is 1.56 bits per heavy atom. The maximum absolute atomic E-state index is 8.74. The molecule has 0 aromatic heterocycles. The normalized spacial score (nSPS) is 7.89. The topological polar surface area (TPSA) is 74.6 Å². The van der Waals surface area contributed by atoms with Crippen molar-refractivity contribution in [1.82, 2.24) is 0 Å². The van der Waals surface area contributed by atoms with Crippen LogP contribution in [0.1, 0.15) is 1.43 Å². The third-order valence-corrected chi connectivity index (χ3v) is 0. The Bertz CT molecular complexity index is 137. The van der Waals surface area contributed by atoms with Crippen molar-refractivity contribution in [1.29, 1.82) is 0 Å². The van der Waals surface area contributed by atoms with Crippen LogP contribution in [0.25, 0.3) is 0 Å². The monoisotopic (exact) mass is 200 g/mol. The second-order valence-corrected chi connectivity index (χ2v) is 1.81. The molecule has 0 saturated heterocycles. The van der Waals surface area contributed by atoms with Gasteiger partial charge >= 0.3 is 61.8 Å². The van der Waals surface area contributed by atoms with Crippen LogP contribution in [0, 0.1) is 0 Å². The summed E-state index contributed by atoms with van der Waals surface area (Å²) in [7, 11) is -4.67. The maximum Gasteiger partial charge on any atom is 1.00 e. The fourth-order valence-corrected chi connectivity index (χ4v) is 0. The van der Waals surface area contributed by atoms with Crippen molar-refractivity contribution in [2.24, 2.45) is 0 Å². The number of hydrogen-bond donors (Lipinski definition) is 2. The molecule has 0 atom stereocenters. The molecular weight excluding hydrogens is 195 g/mol. The van der Waals surface area contributed by atoms with Crippen molar-refractivity contribution in [3.05, 3.63) is 12.1 Å². The average Bonchev–Trinajstić information content (AvgIpc) is 1.27. The minimum Gasteiger partial charge on any atom is -1.00 e. The minimum absolute atomic E-state index is 0. The summed E-state index contributed by atoms with van der Waals surface area (Å²) in [5.41, 5.74) is 1.22. The summed E-state index contributed by atoms with van der Waals surface area (Å²) in [4.78, 5) is 0. The SMILES string of the molecule is C=CCl.O=S(=O)(O)O.[H-].[K+]. The van der Waals surface area contributed by atoms with E-state index in [1.165, 1.54) is 5.54 Å². The molecule has 0 aromatic carbocycles. The summed E-state index contributed by atoms with van der Waals surface area (Å²) in [6.07, 6.45) is 0. The standard InChI is InChI=1S/C2H3Cl.K.H2O4S.H/c1-2-3;;1-5(2,3)4;/h2H,1H2;;(H2,1,2,3,4);/q;+1;;-1. The fraction of sp³-hybridized carbons (Fsp3) is 0. The molecule has 0 unspecified atom stereocenters. The summed E-state index contributed by atoms with van der Waals surface area (Å²) < 4.78 is 31.6. The van der Waals surface area contributed by atoms with Gasteiger partial charge < -0.3 is 1.43 Å². The van der Waals surface area contributed by atoms with E-state index in [9.17, 15) is 0 Å². The van der Waals surface area contributed by atoms with Crippen LogP contribution in [0.3, 0.4) is 0 Å². The number of rotatable bonds is 0. The predicted octanol–water partition coefficient (Wildman–Crippen LogP) is -2.17. The summed E-state index contributed by atoms with van der Waals surface area (Å²) in [6.45, 7) is 3.13. The summed E-state index contributed by atoms with van der Waals surface area (Å²) in [6, 6.07) is 0. The molecule has 0 bridgehead atoms. The molecule has 0 radical (unpaired) electrons. The Labute approximate surface area is 103 Å². The zero-order valence-electron chi connectivity index (χ0n) is 5.78. The molecule has 9 heavy (non-hydrogen) atoms. The van der Waals surface area contributed by atoms with E-state index >= 15 is 0 Å². The third-order valence-electron chi connectivity index (χ3n) is 0. The summed E-state index contributed by atoms with van der Waals surface area (Å²) >= 11 is 4.76. The Kier molecular flexibility index (Phi) is 17.9. The molecule has 2 N–H and O–H groups in total. The Morgan fingerprint density at radius 1 is 1.56 bits per heavy atom. The van der Waals surface area contributed by atoms with Gasteiger partial charge in [0.05, 0.1) is 0 Å². The molecule has 0 spiro atoms. The molecular formula is C2H6ClKO4S. The van der Waals surface area contributed by atoms with Crippen molar-refractivity contribution in [3.63, 3.8) is 0 Å². The zero-order valence-corrected chi connectivity index (χ0v) is 9.48. The Balaban J connectivity index is -0.0000000326. The van der Waals surface area contributed by atoms with Gasteiger partial charge in [-0.25, -0.2) is 0 Å². The van der Waals surface area contributed by atoms with Crippen LogP contribution in [0.2, 0.25) is 0 Å². The minimum atomic E-state index is -4.67. The first kappa shape index (κ1) is 16.9. The Hall–Kier alpha value is 1.54. The molecule has 0 heterocycles. The van der Waals surface area contributed by atoms with Crippen LogP contribution in [-0.2, 0) is 10.4 Å². The van der Waals surface area contributed by atoms with Gasteiger partial charge in [0.15, 0.2) is 0 Å². The van der Waals surface area contributed by atoms with E-state index in [4.69, 9.17) is 29.1 Å². The van der Waals surface area contributed by atoms with Crippen LogP contribution in [0.15, 0.2) is 12.1 Å². The maximum atomic E-state index is 8.74. The van der Waals surface area contributed by atoms with Crippen LogP contribution in [-0.4, -0.2) is 17.5 Å². The van der Waals surface area contributed by atoms with Crippen LogP contribution in [0.5, 0.6) is 0 Å². The molecule has 0 amide bonds. The smallest absolute Gasteiger partial charge is 1.00 e. The van der Waals surface area contributed by atoms with Crippen LogP contribution in [0.4, 0.5) is 0 Å². The molecule has 0 aliphatic carbocycles. The van der Waals surface area contributed by atoms with Crippen molar-refractivity contribution in [2.75, 3.05) is 0 Å². The van der Waals surface area contributed by atoms with Gasteiger partial charge in [-0.15, -0.1) is 0 Å². The molecule has 0 fully saturated rings. The molecule has 0 aliphatic heterocycles. The quantitative estimate of drug-likeness (QED) is 0.345. The fourth-order valence-electron chi connectivity index (χ4n) is 0. The first-order chi connectivity index (χ1) is 3.41. The third kappa shape index (κ3) is 229. The summed E-state index contributed by atoms with van der Waals surface area (Å²) in [5.74, 6) is 0. The van der Waals surface area contributed by atoms with Gasteiger partial charge in [0, 0.05) is 0 Å². The second-order valence-electron chi connectivity index (χ2n) is 0.602. The van der Waals surface area contributed by atoms with E-state index in [1.807, 2.05) is 0 Å². The van der Waals surface area contributed by atoms with E-state index in [1.54, 1.807) is 0 Å². The van der Waals surface area contributed by atoms with Gasteiger partial charge in [-0.05, 0) is 5.54 Å². The molecule has 7 heteroatoms. The van der Waals surface area contributed by atoms with Crippen molar-refractivity contribution in [2.45, 2.75) is 0 Å². The van der Waals surface area contributed by atoms with Crippen molar-refractivity contribution in [3.8, 4) is 0 Å². The largest absolute Gasteiger partial charge is 1.00 e. The average molecular weight is 201 g/mol. The molecule has 0 aromatic rings. The van der Waals surface area contributed by atoms with E-state index in [0.29, 0.717) is 0 Å². The number of hydrogen-bond acceptors (Lipinski definition) is 2. The van der Waals surface area contributed by atoms with Gasteiger partial charge in [-0.1, -0.05) is 18.2 Å². The predicted molar refractivity (Wildman–Crippen MR) is 31.3 cm³/mol. The van der Waals surface area contributed by atoms with E-state index in [-0.39, 0.29) is 52.8 Å².